The quantitative estimate of drug-likeness (QED) is 0.755. The van der Waals surface area contributed by atoms with Crippen LogP contribution in [0.2, 0.25) is 0 Å². The third-order valence-corrected chi connectivity index (χ3v) is 6.36. The number of carbonyl (C=O) groups is 2. The fraction of sp³-hybridized carbons (Fsp3) is 0.895. The number of carbonyl (C=O) groups excluding carboxylic acids is 2. The molecule has 24 heavy (non-hydrogen) atoms. The zero-order chi connectivity index (χ0) is 17.5. The number of aliphatic hydroxyl groups is 1. The second kappa shape index (κ2) is 6.66. The summed E-state index contributed by atoms with van der Waals surface area (Å²) in [5.41, 5.74) is -0.237. The predicted molar refractivity (Wildman–Crippen MR) is 90.0 cm³/mol. The van der Waals surface area contributed by atoms with E-state index in [0.717, 1.165) is 19.3 Å². The third kappa shape index (κ3) is 3.32. The summed E-state index contributed by atoms with van der Waals surface area (Å²) < 4.78 is 4.81. The SMILES string of the molecule is COC(=O)C(C)CN(CC(C)O)C(=O)C12CC3CC(CC(C3)C1)C2. The van der Waals surface area contributed by atoms with Crippen molar-refractivity contribution in [3.8, 4) is 0 Å². The summed E-state index contributed by atoms with van der Waals surface area (Å²) >= 11 is 0. The molecule has 5 nitrogen and oxygen atoms in total. The lowest BCUT2D eigenvalue weighted by atomic mass is 9.49. The van der Waals surface area contributed by atoms with Gasteiger partial charge in [-0.1, -0.05) is 6.92 Å². The number of hydrogen-bond acceptors (Lipinski definition) is 4. The molecule has 1 N–H and O–H groups in total. The average Bonchev–Trinajstić information content (AvgIpc) is 2.50. The van der Waals surface area contributed by atoms with Gasteiger partial charge in [-0.15, -0.1) is 0 Å². The second-order valence-electron chi connectivity index (χ2n) is 8.68. The molecule has 4 saturated carbocycles. The van der Waals surface area contributed by atoms with E-state index in [0.29, 0.717) is 30.8 Å². The number of rotatable bonds is 6. The second-order valence-corrected chi connectivity index (χ2v) is 8.68. The van der Waals surface area contributed by atoms with Crippen molar-refractivity contribution in [2.75, 3.05) is 20.2 Å². The highest BCUT2D eigenvalue weighted by atomic mass is 16.5. The fourth-order valence-corrected chi connectivity index (χ4v) is 5.87. The zero-order valence-electron chi connectivity index (χ0n) is 15.2. The highest BCUT2D eigenvalue weighted by Crippen LogP contribution is 2.60. The number of nitrogens with zero attached hydrogens (tertiary/aromatic N) is 1. The van der Waals surface area contributed by atoms with E-state index in [4.69, 9.17) is 4.74 Å². The molecule has 0 radical (unpaired) electrons. The first kappa shape index (κ1) is 17.7. The Kier molecular flexibility index (Phi) is 4.92. The van der Waals surface area contributed by atoms with E-state index < -0.39 is 6.10 Å². The van der Waals surface area contributed by atoms with Gasteiger partial charge in [0.15, 0.2) is 0 Å². The number of amides is 1. The Bertz CT molecular complexity index is 466. The minimum atomic E-state index is -0.590. The maximum Gasteiger partial charge on any atom is 0.310 e. The lowest BCUT2D eigenvalue weighted by Gasteiger charge is -2.56. The monoisotopic (exact) mass is 337 g/mol. The van der Waals surface area contributed by atoms with Gasteiger partial charge in [-0.05, 0) is 63.2 Å². The summed E-state index contributed by atoms with van der Waals surface area (Å²) in [6.45, 7) is 4.11. The van der Waals surface area contributed by atoms with Crippen molar-refractivity contribution in [3.63, 3.8) is 0 Å². The Morgan fingerprint density at radius 3 is 2.00 bits per heavy atom. The molecule has 2 unspecified atom stereocenters. The summed E-state index contributed by atoms with van der Waals surface area (Å²) in [6, 6.07) is 0. The van der Waals surface area contributed by atoms with E-state index in [1.807, 2.05) is 0 Å². The Labute approximate surface area is 144 Å². The van der Waals surface area contributed by atoms with Crippen LogP contribution in [-0.4, -0.2) is 48.2 Å². The summed E-state index contributed by atoms with van der Waals surface area (Å²) in [6.07, 6.45) is 6.29. The van der Waals surface area contributed by atoms with Crippen LogP contribution in [0.3, 0.4) is 0 Å². The molecule has 4 bridgehead atoms. The number of ether oxygens (including phenoxy) is 1. The van der Waals surface area contributed by atoms with Crippen LogP contribution in [0, 0.1) is 29.1 Å². The first-order chi connectivity index (χ1) is 11.3. The predicted octanol–water partition coefficient (Wildman–Crippen LogP) is 2.22. The molecule has 4 aliphatic rings. The van der Waals surface area contributed by atoms with Crippen molar-refractivity contribution in [1.82, 2.24) is 4.90 Å². The smallest absolute Gasteiger partial charge is 0.310 e. The highest BCUT2D eigenvalue weighted by molar-refractivity contribution is 5.84. The summed E-state index contributed by atoms with van der Waals surface area (Å²) in [4.78, 5) is 27.0. The van der Waals surface area contributed by atoms with Crippen molar-refractivity contribution in [1.29, 1.82) is 0 Å². The van der Waals surface area contributed by atoms with E-state index in [1.54, 1.807) is 18.7 Å². The molecule has 4 rings (SSSR count). The Morgan fingerprint density at radius 1 is 1.08 bits per heavy atom. The Balaban J connectivity index is 1.77. The molecule has 4 fully saturated rings. The van der Waals surface area contributed by atoms with E-state index in [9.17, 15) is 14.7 Å². The minimum Gasteiger partial charge on any atom is -0.469 e. The fourth-order valence-electron chi connectivity index (χ4n) is 5.87. The highest BCUT2D eigenvalue weighted by Gasteiger charge is 2.55. The molecule has 1 amide bonds. The molecule has 4 aliphatic carbocycles. The largest absolute Gasteiger partial charge is 0.469 e. The number of esters is 1. The lowest BCUT2D eigenvalue weighted by molar-refractivity contribution is -0.161. The van der Waals surface area contributed by atoms with E-state index in [2.05, 4.69) is 0 Å². The van der Waals surface area contributed by atoms with Gasteiger partial charge in [0.1, 0.15) is 0 Å². The van der Waals surface area contributed by atoms with Crippen LogP contribution < -0.4 is 0 Å². The number of methoxy groups -OCH3 is 1. The van der Waals surface area contributed by atoms with Gasteiger partial charge in [0.05, 0.1) is 24.5 Å². The molecule has 0 saturated heterocycles. The summed E-state index contributed by atoms with van der Waals surface area (Å²) in [5, 5.41) is 9.85. The van der Waals surface area contributed by atoms with E-state index in [-0.39, 0.29) is 23.2 Å². The standard InChI is InChI=1S/C19H31NO4/c1-12(17(22)24-3)10-20(11-13(2)21)18(23)19-7-14-4-15(8-19)6-16(5-14)9-19/h12-16,21H,4-11H2,1-3H3. The van der Waals surface area contributed by atoms with Gasteiger partial charge < -0.3 is 14.7 Å². The van der Waals surface area contributed by atoms with Gasteiger partial charge in [-0.3, -0.25) is 9.59 Å². The molecule has 5 heteroatoms. The van der Waals surface area contributed by atoms with Gasteiger partial charge >= 0.3 is 5.97 Å². The molecule has 0 spiro atoms. The molecule has 0 aromatic carbocycles. The van der Waals surface area contributed by atoms with Crippen molar-refractivity contribution >= 4 is 11.9 Å². The zero-order valence-corrected chi connectivity index (χ0v) is 15.2. The van der Waals surface area contributed by atoms with Crippen molar-refractivity contribution in [2.45, 2.75) is 58.5 Å². The van der Waals surface area contributed by atoms with Gasteiger partial charge in [-0.25, -0.2) is 0 Å². The van der Waals surface area contributed by atoms with Gasteiger partial charge in [-0.2, -0.15) is 0 Å². The average molecular weight is 337 g/mol. The van der Waals surface area contributed by atoms with Crippen LogP contribution in [0.15, 0.2) is 0 Å². The molecule has 2 atom stereocenters. The summed E-state index contributed by atoms with van der Waals surface area (Å²) in [5.74, 6) is 1.60. The van der Waals surface area contributed by atoms with E-state index >= 15 is 0 Å². The molecule has 0 aromatic heterocycles. The maximum atomic E-state index is 13.4. The molecule has 0 aromatic rings. The van der Waals surface area contributed by atoms with E-state index in [1.165, 1.54) is 26.4 Å². The molecular formula is C19H31NO4. The molecular weight excluding hydrogens is 306 g/mol. The maximum absolute atomic E-state index is 13.4. The molecule has 0 heterocycles. The lowest BCUT2D eigenvalue weighted by Crippen LogP contribution is -2.56. The number of hydrogen-bond donors (Lipinski definition) is 1. The van der Waals surface area contributed by atoms with Crippen molar-refractivity contribution in [2.24, 2.45) is 29.1 Å². The van der Waals surface area contributed by atoms with Crippen molar-refractivity contribution in [3.05, 3.63) is 0 Å². The molecule has 136 valence electrons. The van der Waals surface area contributed by atoms with Gasteiger partial charge in [0.2, 0.25) is 5.91 Å². The number of aliphatic hydroxyl groups excluding tert-OH is 1. The van der Waals surface area contributed by atoms with Crippen LogP contribution in [-0.2, 0) is 14.3 Å². The molecule has 0 aliphatic heterocycles. The van der Waals surface area contributed by atoms with Crippen LogP contribution in [0.25, 0.3) is 0 Å². The van der Waals surface area contributed by atoms with Crippen molar-refractivity contribution < 1.29 is 19.4 Å². The van der Waals surface area contributed by atoms with Crippen LogP contribution in [0.1, 0.15) is 52.4 Å². The van der Waals surface area contributed by atoms with Crippen LogP contribution >= 0.6 is 0 Å². The Morgan fingerprint density at radius 2 is 1.58 bits per heavy atom. The van der Waals surface area contributed by atoms with Gasteiger partial charge in [0.25, 0.3) is 0 Å². The topological polar surface area (TPSA) is 66.8 Å². The van der Waals surface area contributed by atoms with Crippen LogP contribution in [0.5, 0.6) is 0 Å². The third-order valence-electron chi connectivity index (χ3n) is 6.36. The first-order valence-corrected chi connectivity index (χ1v) is 9.38. The first-order valence-electron chi connectivity index (χ1n) is 9.38. The Hall–Kier alpha value is -1.10. The minimum absolute atomic E-state index is 0.165. The van der Waals surface area contributed by atoms with Gasteiger partial charge in [0, 0.05) is 13.1 Å². The summed E-state index contributed by atoms with van der Waals surface area (Å²) in [7, 11) is 1.37. The van der Waals surface area contributed by atoms with Crippen LogP contribution in [0.4, 0.5) is 0 Å². The normalized spacial score (nSPS) is 36.2.